The molecule has 0 radical (unpaired) electrons. The zero-order valence-corrected chi connectivity index (χ0v) is 8.12. The molecule has 2 rings (SSSR count). The number of aromatic nitrogens is 2. The molecule has 0 aliphatic heterocycles. The van der Waals surface area contributed by atoms with E-state index in [0.29, 0.717) is 11.1 Å². The van der Waals surface area contributed by atoms with Crippen molar-refractivity contribution in [2.24, 2.45) is 0 Å². The summed E-state index contributed by atoms with van der Waals surface area (Å²) in [6, 6.07) is 3.93. The molecule has 0 fully saturated rings. The predicted molar refractivity (Wildman–Crippen MR) is 52.0 cm³/mol. The number of hydrogen-bond donors (Lipinski definition) is 0. The molecular weight excluding hydrogens is 230 g/mol. The Balaban J connectivity index is 2.87. The van der Waals surface area contributed by atoms with Crippen LogP contribution in [-0.4, -0.2) is 9.97 Å². The van der Waals surface area contributed by atoms with E-state index >= 15 is 0 Å². The summed E-state index contributed by atoms with van der Waals surface area (Å²) in [5.74, 6) is 0. The summed E-state index contributed by atoms with van der Waals surface area (Å²) in [5.41, 5.74) is 1.20. The minimum absolute atomic E-state index is 0.505. The summed E-state index contributed by atoms with van der Waals surface area (Å²) in [6.45, 7) is 0. The van der Waals surface area contributed by atoms with Gasteiger partial charge in [-0.1, -0.05) is 0 Å². The molecule has 0 aliphatic rings. The molecule has 0 amide bonds. The molecule has 0 unspecified atom stereocenters. The molecule has 0 aliphatic carbocycles. The topological polar surface area (TPSA) is 49.6 Å². The van der Waals surface area contributed by atoms with Crippen LogP contribution >= 0.6 is 15.9 Å². The fourth-order valence-corrected chi connectivity index (χ4v) is 1.46. The van der Waals surface area contributed by atoms with Crippen molar-refractivity contribution in [3.05, 3.63) is 34.7 Å². The Hall–Kier alpha value is -1.47. The molecule has 2 aromatic heterocycles. The first-order valence-corrected chi connectivity index (χ1v) is 4.40. The molecule has 0 bridgehead atoms. The molecule has 0 spiro atoms. The van der Waals surface area contributed by atoms with Gasteiger partial charge in [0.1, 0.15) is 6.07 Å². The first-order valence-electron chi connectivity index (χ1n) is 3.60. The fourth-order valence-electron chi connectivity index (χ4n) is 1.11. The van der Waals surface area contributed by atoms with Gasteiger partial charge in [0, 0.05) is 28.4 Å². The third-order valence-corrected chi connectivity index (χ3v) is 2.11. The van der Waals surface area contributed by atoms with Crippen molar-refractivity contribution in [2.45, 2.75) is 0 Å². The van der Waals surface area contributed by atoms with Gasteiger partial charge in [0.15, 0.2) is 0 Å². The molecule has 0 N–H and O–H groups in total. The second kappa shape index (κ2) is 3.11. The zero-order valence-electron chi connectivity index (χ0n) is 6.53. The van der Waals surface area contributed by atoms with E-state index < -0.39 is 0 Å². The molecule has 0 atom stereocenters. The first kappa shape index (κ1) is 8.14. The summed E-state index contributed by atoms with van der Waals surface area (Å²) < 4.78 is 0.886. The lowest BCUT2D eigenvalue weighted by molar-refractivity contribution is 1.29. The average Bonchev–Trinajstić information content (AvgIpc) is 2.16. The number of pyridine rings is 2. The standard InChI is InChI=1S/C9H4BrN3/c10-8-1-6-3-12-4-7(2-11)9(6)13-5-8/h1,3-5H. The van der Waals surface area contributed by atoms with Gasteiger partial charge in [-0.15, -0.1) is 0 Å². The molecule has 2 aromatic rings. The number of nitriles is 1. The van der Waals surface area contributed by atoms with E-state index in [1.807, 2.05) is 12.1 Å². The third kappa shape index (κ3) is 1.38. The van der Waals surface area contributed by atoms with Gasteiger partial charge in [0.25, 0.3) is 0 Å². The molecule has 0 saturated heterocycles. The SMILES string of the molecule is N#Cc1cncc2cc(Br)cnc12. The lowest BCUT2D eigenvalue weighted by Gasteiger charge is -1.97. The van der Waals surface area contributed by atoms with E-state index in [2.05, 4.69) is 25.9 Å². The molecule has 0 aromatic carbocycles. The Morgan fingerprint density at radius 1 is 1.31 bits per heavy atom. The maximum absolute atomic E-state index is 8.76. The Bertz CT molecular complexity index is 502. The highest BCUT2D eigenvalue weighted by atomic mass is 79.9. The zero-order chi connectivity index (χ0) is 9.26. The Labute approximate surface area is 83.2 Å². The Morgan fingerprint density at radius 3 is 2.92 bits per heavy atom. The van der Waals surface area contributed by atoms with Crippen molar-refractivity contribution in [2.75, 3.05) is 0 Å². The van der Waals surface area contributed by atoms with Crippen LogP contribution in [0.5, 0.6) is 0 Å². The van der Waals surface area contributed by atoms with Crippen molar-refractivity contribution in [3.63, 3.8) is 0 Å². The van der Waals surface area contributed by atoms with Gasteiger partial charge in [-0.3, -0.25) is 9.97 Å². The quantitative estimate of drug-likeness (QED) is 0.702. The van der Waals surface area contributed by atoms with Crippen molar-refractivity contribution in [3.8, 4) is 6.07 Å². The minimum Gasteiger partial charge on any atom is -0.263 e. The summed E-state index contributed by atoms with van der Waals surface area (Å²) in [6.07, 6.45) is 4.88. The monoisotopic (exact) mass is 233 g/mol. The van der Waals surface area contributed by atoms with Crippen molar-refractivity contribution in [1.82, 2.24) is 9.97 Å². The van der Waals surface area contributed by atoms with Crippen LogP contribution in [-0.2, 0) is 0 Å². The Morgan fingerprint density at radius 2 is 2.15 bits per heavy atom. The predicted octanol–water partition coefficient (Wildman–Crippen LogP) is 2.26. The van der Waals surface area contributed by atoms with Gasteiger partial charge < -0.3 is 0 Å². The molecule has 2 heterocycles. The van der Waals surface area contributed by atoms with Gasteiger partial charge in [-0.2, -0.15) is 5.26 Å². The van der Waals surface area contributed by atoms with E-state index in [1.165, 1.54) is 6.20 Å². The molecule has 3 nitrogen and oxygen atoms in total. The van der Waals surface area contributed by atoms with Crippen LogP contribution in [0.25, 0.3) is 10.9 Å². The smallest absolute Gasteiger partial charge is 0.103 e. The molecule has 0 saturated carbocycles. The van der Waals surface area contributed by atoms with Crippen molar-refractivity contribution >= 4 is 26.8 Å². The van der Waals surface area contributed by atoms with Crippen LogP contribution in [0.15, 0.2) is 29.1 Å². The van der Waals surface area contributed by atoms with Crippen molar-refractivity contribution < 1.29 is 0 Å². The summed E-state index contributed by atoms with van der Waals surface area (Å²) in [7, 11) is 0. The van der Waals surface area contributed by atoms with Gasteiger partial charge >= 0.3 is 0 Å². The van der Waals surface area contributed by atoms with Gasteiger partial charge in [-0.25, -0.2) is 0 Å². The second-order valence-corrected chi connectivity index (χ2v) is 3.44. The van der Waals surface area contributed by atoms with Gasteiger partial charge in [0.2, 0.25) is 0 Å². The lowest BCUT2D eigenvalue weighted by atomic mass is 10.2. The van der Waals surface area contributed by atoms with E-state index in [-0.39, 0.29) is 0 Å². The lowest BCUT2D eigenvalue weighted by Crippen LogP contribution is -1.85. The summed E-state index contributed by atoms with van der Waals surface area (Å²) >= 11 is 3.31. The van der Waals surface area contributed by atoms with E-state index in [4.69, 9.17) is 5.26 Å². The maximum Gasteiger partial charge on any atom is 0.103 e. The number of rotatable bonds is 0. The number of nitrogens with zero attached hydrogens (tertiary/aromatic N) is 3. The molecule has 62 valence electrons. The molecule has 4 heteroatoms. The highest BCUT2D eigenvalue weighted by Crippen LogP contribution is 2.18. The number of fused-ring (bicyclic) bond motifs is 1. The Kier molecular flexibility index (Phi) is 1.95. The number of halogens is 1. The van der Waals surface area contributed by atoms with Crippen LogP contribution in [0.1, 0.15) is 5.56 Å². The molecule has 13 heavy (non-hydrogen) atoms. The molecular formula is C9H4BrN3. The van der Waals surface area contributed by atoms with E-state index in [1.54, 1.807) is 12.4 Å². The van der Waals surface area contributed by atoms with Crippen LogP contribution in [0, 0.1) is 11.3 Å². The van der Waals surface area contributed by atoms with E-state index in [0.717, 1.165) is 9.86 Å². The first-order chi connectivity index (χ1) is 6.31. The van der Waals surface area contributed by atoms with Crippen LogP contribution in [0.3, 0.4) is 0 Å². The van der Waals surface area contributed by atoms with Crippen molar-refractivity contribution in [1.29, 1.82) is 5.26 Å². The van der Waals surface area contributed by atoms with E-state index in [9.17, 15) is 0 Å². The largest absolute Gasteiger partial charge is 0.263 e. The second-order valence-electron chi connectivity index (χ2n) is 2.52. The highest BCUT2D eigenvalue weighted by Gasteiger charge is 2.01. The fraction of sp³-hybridized carbons (Fsp3) is 0. The summed E-state index contributed by atoms with van der Waals surface area (Å²) in [4.78, 5) is 8.08. The summed E-state index contributed by atoms with van der Waals surface area (Å²) in [5, 5.41) is 9.63. The maximum atomic E-state index is 8.76. The number of hydrogen-bond acceptors (Lipinski definition) is 3. The van der Waals surface area contributed by atoms with Crippen LogP contribution in [0.4, 0.5) is 0 Å². The van der Waals surface area contributed by atoms with Gasteiger partial charge in [-0.05, 0) is 22.0 Å². The highest BCUT2D eigenvalue weighted by molar-refractivity contribution is 9.10. The average molecular weight is 234 g/mol. The van der Waals surface area contributed by atoms with Gasteiger partial charge in [0.05, 0.1) is 11.1 Å². The normalized spacial score (nSPS) is 9.85. The van der Waals surface area contributed by atoms with Crippen LogP contribution in [0.2, 0.25) is 0 Å². The third-order valence-electron chi connectivity index (χ3n) is 1.68. The minimum atomic E-state index is 0.505. The van der Waals surface area contributed by atoms with Crippen LogP contribution < -0.4 is 0 Å².